The minimum atomic E-state index is -0.570. The molecule has 2 fully saturated rings. The number of anilines is 2. The van der Waals surface area contributed by atoms with Gasteiger partial charge in [-0.2, -0.15) is 5.16 Å². The predicted octanol–water partition coefficient (Wildman–Crippen LogP) is 6.55. The molecular weight excluding hydrogens is 851 g/mol. The molecule has 65 heavy (non-hydrogen) atoms. The van der Waals surface area contributed by atoms with Gasteiger partial charge in [0.2, 0.25) is 11.8 Å². The van der Waals surface area contributed by atoms with E-state index in [1.54, 1.807) is 80.6 Å². The van der Waals surface area contributed by atoms with Gasteiger partial charge in [-0.05, 0) is 77.7 Å². The van der Waals surface area contributed by atoms with Crippen LogP contribution in [0, 0.1) is 25.5 Å². The Morgan fingerprint density at radius 3 is 1.58 bits per heavy atom. The maximum absolute atomic E-state index is 14.9. The molecule has 4 aromatic carbocycles. The molecule has 6 aromatic rings. The molecule has 0 aliphatic carbocycles. The van der Waals surface area contributed by atoms with Gasteiger partial charge in [0.25, 0.3) is 11.4 Å². The summed E-state index contributed by atoms with van der Waals surface area (Å²) in [6.45, 7) is 7.40. The molecule has 0 unspecified atom stereocenters. The summed E-state index contributed by atoms with van der Waals surface area (Å²) in [5.74, 6) is 0.362. The molecule has 0 radical (unpaired) electrons. The molecule has 2 aromatic heterocycles. The van der Waals surface area contributed by atoms with E-state index >= 15 is 0 Å². The van der Waals surface area contributed by atoms with Gasteiger partial charge >= 0.3 is 12.2 Å². The summed E-state index contributed by atoms with van der Waals surface area (Å²) < 4.78 is 54.9. The Bertz CT molecular complexity index is 2660. The summed E-state index contributed by atoms with van der Waals surface area (Å²) in [5, 5.41) is 20.2. The molecule has 340 valence electrons. The number of aryl methyl sites for hydroxylation is 2. The standard InChI is InChI=1S/C23H22FN3O5.C19H19FN2O4.C4H5NO2/c1-14-9-22(26-32-14)30-13-16-3-5-17(6-4-16)20-8-7-18(10-21(20)24)27-12-19(31-23(27)29)11-25-15(2)28;1-12(24)21-9-16-10-22(19(25)26-16)15-6-7-17(18(20)8-15)14-4-2-13(11-23)3-5-14;1-3-2-4(6)5-7-3/h3-10,19H,11-13H2,1-2H3,(H,25,28);2-8,16,23H,9-11H2,1H3,(H,21,24);2H,1H3,(H,5,6)/t19-;16-;/m00./s1. The van der Waals surface area contributed by atoms with E-state index in [0.29, 0.717) is 57.6 Å². The number of aliphatic hydroxyl groups is 1. The minimum Gasteiger partial charge on any atom is -0.471 e. The summed E-state index contributed by atoms with van der Waals surface area (Å²) in [6.07, 6.45) is -2.09. The number of H-pyrrole nitrogens is 1. The average Bonchev–Trinajstić information content (AvgIpc) is 4.08. The zero-order chi connectivity index (χ0) is 46.6. The highest BCUT2D eigenvalue weighted by Gasteiger charge is 2.34. The van der Waals surface area contributed by atoms with Crippen LogP contribution in [0.5, 0.6) is 5.88 Å². The third-order valence-corrected chi connectivity index (χ3v) is 9.79. The number of benzene rings is 4. The van der Waals surface area contributed by atoms with Crippen molar-refractivity contribution in [2.75, 3.05) is 36.0 Å². The third kappa shape index (κ3) is 12.9. The number of nitrogens with zero attached hydrogens (tertiary/aromatic N) is 3. The van der Waals surface area contributed by atoms with E-state index in [-0.39, 0.29) is 50.2 Å². The molecule has 2 saturated heterocycles. The van der Waals surface area contributed by atoms with Gasteiger partial charge in [0.1, 0.15) is 42.0 Å². The molecule has 2 atom stereocenters. The number of nitrogens with one attached hydrogen (secondary N) is 3. The highest BCUT2D eigenvalue weighted by Crippen LogP contribution is 2.31. The molecule has 19 heteroatoms. The number of ether oxygens (including phenoxy) is 3. The maximum atomic E-state index is 14.9. The van der Waals surface area contributed by atoms with Crippen molar-refractivity contribution in [3.05, 3.63) is 142 Å². The van der Waals surface area contributed by atoms with Crippen molar-refractivity contribution < 1.29 is 56.3 Å². The number of carbonyl (C=O) groups is 4. The highest BCUT2D eigenvalue weighted by atomic mass is 19.1. The van der Waals surface area contributed by atoms with E-state index in [2.05, 4.69) is 25.5 Å². The second-order valence-corrected chi connectivity index (χ2v) is 14.9. The van der Waals surface area contributed by atoms with Crippen LogP contribution in [0.25, 0.3) is 22.3 Å². The lowest BCUT2D eigenvalue weighted by Gasteiger charge is -2.14. The van der Waals surface area contributed by atoms with Crippen molar-refractivity contribution in [1.29, 1.82) is 0 Å². The van der Waals surface area contributed by atoms with Gasteiger partial charge in [0.15, 0.2) is 0 Å². The van der Waals surface area contributed by atoms with Crippen LogP contribution < -0.4 is 30.7 Å². The predicted molar refractivity (Wildman–Crippen MR) is 232 cm³/mol. The van der Waals surface area contributed by atoms with E-state index in [4.69, 9.17) is 23.8 Å². The van der Waals surface area contributed by atoms with Gasteiger partial charge in [0, 0.05) is 37.1 Å². The van der Waals surface area contributed by atoms with E-state index in [1.807, 2.05) is 12.1 Å². The Morgan fingerprint density at radius 2 is 1.22 bits per heavy atom. The topological polar surface area (TPSA) is 219 Å². The molecule has 4 amide bonds. The van der Waals surface area contributed by atoms with Crippen LogP contribution in [0.3, 0.4) is 0 Å². The zero-order valence-electron chi connectivity index (χ0n) is 35.8. The fraction of sp³-hybridized carbons (Fsp3) is 0.261. The quantitative estimate of drug-likeness (QED) is 0.103. The van der Waals surface area contributed by atoms with Gasteiger partial charge in [-0.1, -0.05) is 48.5 Å². The first-order valence-corrected chi connectivity index (χ1v) is 20.2. The number of rotatable bonds is 12. The number of cyclic esters (lactones) is 2. The summed E-state index contributed by atoms with van der Waals surface area (Å²) >= 11 is 0. The molecular formula is C46H46F2N6O11. The van der Waals surface area contributed by atoms with Gasteiger partial charge in [0.05, 0.1) is 44.2 Å². The fourth-order valence-electron chi connectivity index (χ4n) is 6.52. The number of amides is 4. The third-order valence-electron chi connectivity index (χ3n) is 9.79. The van der Waals surface area contributed by atoms with E-state index in [1.165, 1.54) is 41.8 Å². The minimum absolute atomic E-state index is 0.0710. The van der Waals surface area contributed by atoms with Crippen molar-refractivity contribution in [3.8, 4) is 28.1 Å². The van der Waals surface area contributed by atoms with Crippen LogP contribution in [0.2, 0.25) is 0 Å². The molecule has 0 saturated carbocycles. The summed E-state index contributed by atoms with van der Waals surface area (Å²) in [5.41, 5.74) is 4.45. The van der Waals surface area contributed by atoms with E-state index in [9.17, 15) is 32.8 Å². The van der Waals surface area contributed by atoms with Gasteiger partial charge in [-0.25, -0.2) is 18.4 Å². The SMILES string of the molecule is CC(=O)NC[C@H]1CN(c2ccc(-c3ccc(CO)cc3)c(F)c2)C(=O)O1.CC(=O)NC[C@H]1CN(c2ccc(-c3ccc(COc4cc(C)on4)cc3)c(F)c2)C(=O)O1.Cc1cc(=O)[nH]o1. The smallest absolute Gasteiger partial charge is 0.414 e. The molecule has 4 heterocycles. The van der Waals surface area contributed by atoms with Crippen molar-refractivity contribution >= 4 is 35.4 Å². The van der Waals surface area contributed by atoms with Crippen LogP contribution in [0.1, 0.15) is 36.5 Å². The molecule has 2 aliphatic rings. The fourth-order valence-corrected chi connectivity index (χ4v) is 6.52. The Morgan fingerprint density at radius 1 is 0.723 bits per heavy atom. The number of carbonyl (C=O) groups excluding carboxylic acids is 4. The molecule has 0 spiro atoms. The number of aromatic amines is 1. The van der Waals surface area contributed by atoms with Gasteiger partial charge < -0.3 is 39.0 Å². The number of aliphatic hydroxyl groups excluding tert-OH is 1. The lowest BCUT2D eigenvalue weighted by molar-refractivity contribution is -0.120. The largest absolute Gasteiger partial charge is 0.471 e. The van der Waals surface area contributed by atoms with Crippen molar-refractivity contribution in [3.63, 3.8) is 0 Å². The van der Waals surface area contributed by atoms with Gasteiger partial charge in [-0.3, -0.25) is 24.2 Å². The second-order valence-electron chi connectivity index (χ2n) is 14.9. The highest BCUT2D eigenvalue weighted by molar-refractivity contribution is 5.91. The maximum Gasteiger partial charge on any atom is 0.414 e. The van der Waals surface area contributed by atoms with Crippen LogP contribution in [-0.2, 0) is 32.3 Å². The Balaban J connectivity index is 0.000000190. The first kappa shape index (κ1) is 46.7. The van der Waals surface area contributed by atoms with E-state index < -0.39 is 36.0 Å². The monoisotopic (exact) mass is 896 g/mol. The number of hydrogen-bond acceptors (Lipinski definition) is 12. The summed E-state index contributed by atoms with van der Waals surface area (Å²) in [6, 6.07) is 26.5. The first-order valence-electron chi connectivity index (χ1n) is 20.2. The summed E-state index contributed by atoms with van der Waals surface area (Å²) in [4.78, 5) is 59.0. The van der Waals surface area contributed by atoms with Crippen molar-refractivity contribution in [1.82, 2.24) is 20.9 Å². The molecule has 2 aliphatic heterocycles. The molecule has 4 N–H and O–H groups in total. The van der Waals surface area contributed by atoms with Crippen LogP contribution in [0.15, 0.2) is 111 Å². The average molecular weight is 897 g/mol. The van der Waals surface area contributed by atoms with Gasteiger partial charge in [-0.15, -0.1) is 0 Å². The van der Waals surface area contributed by atoms with Crippen LogP contribution in [0.4, 0.5) is 29.7 Å². The van der Waals surface area contributed by atoms with E-state index in [0.717, 1.165) is 11.1 Å². The van der Waals surface area contributed by atoms with Crippen molar-refractivity contribution in [2.24, 2.45) is 0 Å². The van der Waals surface area contributed by atoms with Crippen LogP contribution in [-0.4, -0.2) is 77.8 Å². The van der Waals surface area contributed by atoms with Crippen molar-refractivity contribution in [2.45, 2.75) is 53.1 Å². The Labute approximate surface area is 370 Å². The summed E-state index contributed by atoms with van der Waals surface area (Å²) in [7, 11) is 0. The number of halogens is 2. The molecule has 17 nitrogen and oxygen atoms in total. The number of hydrogen-bond donors (Lipinski definition) is 4. The molecule has 0 bridgehead atoms. The normalized spacial score (nSPS) is 15.2. The first-order chi connectivity index (χ1) is 31.1. The molecule has 8 rings (SSSR count). The Kier molecular flexibility index (Phi) is 15.5. The Hall–Kier alpha value is -7.80. The lowest BCUT2D eigenvalue weighted by atomic mass is 10.0. The van der Waals surface area contributed by atoms with Crippen LogP contribution >= 0.6 is 0 Å². The lowest BCUT2D eigenvalue weighted by Crippen LogP contribution is -2.33. The second kappa shape index (κ2) is 21.5. The zero-order valence-corrected chi connectivity index (χ0v) is 35.8. The number of aromatic nitrogens is 2.